The average molecular weight is 328 g/mol. The molecular formula is C13H20N4O2S2. The average Bonchev–Trinajstić information content (AvgIpc) is 3.06. The van der Waals surface area contributed by atoms with Crippen LogP contribution in [-0.4, -0.2) is 29.0 Å². The Morgan fingerprint density at radius 3 is 2.76 bits per heavy atom. The van der Waals surface area contributed by atoms with Crippen molar-refractivity contribution in [3.63, 3.8) is 0 Å². The molecule has 8 heteroatoms. The molecule has 0 aliphatic heterocycles. The third-order valence-electron chi connectivity index (χ3n) is 3.09. The number of anilines is 1. The number of aryl methyl sites for hydroxylation is 1. The van der Waals surface area contributed by atoms with Crippen molar-refractivity contribution >= 4 is 27.2 Å². The van der Waals surface area contributed by atoms with Gasteiger partial charge in [-0.3, -0.25) is 4.68 Å². The Kier molecular flexibility index (Phi) is 5.02. The van der Waals surface area contributed by atoms with Gasteiger partial charge in [-0.05, 0) is 17.9 Å². The first kappa shape index (κ1) is 16.0. The van der Waals surface area contributed by atoms with E-state index in [1.807, 2.05) is 31.4 Å². The van der Waals surface area contributed by atoms with Gasteiger partial charge < -0.3 is 5.73 Å². The molecule has 0 radical (unpaired) electrons. The van der Waals surface area contributed by atoms with E-state index in [1.54, 1.807) is 4.68 Å². The van der Waals surface area contributed by atoms with Crippen molar-refractivity contribution in [3.05, 3.63) is 28.6 Å². The zero-order valence-electron chi connectivity index (χ0n) is 12.2. The minimum atomic E-state index is -3.62. The summed E-state index contributed by atoms with van der Waals surface area (Å²) in [5, 5.41) is 6.01. The van der Waals surface area contributed by atoms with Crippen molar-refractivity contribution in [2.75, 3.05) is 12.3 Å². The van der Waals surface area contributed by atoms with Crippen LogP contribution in [0.5, 0.6) is 0 Å². The van der Waals surface area contributed by atoms with Gasteiger partial charge >= 0.3 is 0 Å². The predicted molar refractivity (Wildman–Crippen MR) is 84.5 cm³/mol. The van der Waals surface area contributed by atoms with Crippen LogP contribution in [0.15, 0.2) is 28.6 Å². The summed E-state index contributed by atoms with van der Waals surface area (Å²) in [5.74, 6) is 0.0630. The molecule has 2 aromatic heterocycles. The summed E-state index contributed by atoms with van der Waals surface area (Å²) in [5.41, 5.74) is 5.79. The van der Waals surface area contributed by atoms with Gasteiger partial charge in [-0.2, -0.15) is 9.40 Å². The second kappa shape index (κ2) is 6.59. The van der Waals surface area contributed by atoms with Crippen molar-refractivity contribution in [3.8, 4) is 0 Å². The maximum atomic E-state index is 12.7. The van der Waals surface area contributed by atoms with Crippen molar-refractivity contribution in [2.24, 2.45) is 0 Å². The fraction of sp³-hybridized carbons (Fsp3) is 0.462. The molecule has 0 aliphatic rings. The Bertz CT molecular complexity index is 677. The number of hydrogen-bond acceptors (Lipinski definition) is 5. The van der Waals surface area contributed by atoms with Crippen molar-refractivity contribution < 1.29 is 8.42 Å². The van der Waals surface area contributed by atoms with Crippen LogP contribution in [0.3, 0.4) is 0 Å². The quantitative estimate of drug-likeness (QED) is 0.844. The molecule has 2 aromatic rings. The molecule has 0 fully saturated rings. The maximum absolute atomic E-state index is 12.7. The minimum absolute atomic E-state index is 0.0630. The molecule has 0 saturated heterocycles. The first-order valence-corrected chi connectivity index (χ1v) is 9.16. The minimum Gasteiger partial charge on any atom is -0.381 e. The summed E-state index contributed by atoms with van der Waals surface area (Å²) in [6, 6.07) is 3.83. The lowest BCUT2D eigenvalue weighted by atomic mass is 10.4. The Labute approximate surface area is 129 Å². The second-order valence-electron chi connectivity index (χ2n) is 4.65. The molecule has 0 aliphatic carbocycles. The van der Waals surface area contributed by atoms with E-state index in [1.165, 1.54) is 21.8 Å². The van der Waals surface area contributed by atoms with Gasteiger partial charge in [0.1, 0.15) is 4.90 Å². The van der Waals surface area contributed by atoms with Crippen LogP contribution in [0.25, 0.3) is 0 Å². The molecule has 0 aromatic carbocycles. The van der Waals surface area contributed by atoms with E-state index in [-0.39, 0.29) is 10.7 Å². The topological polar surface area (TPSA) is 81.2 Å². The highest BCUT2D eigenvalue weighted by Gasteiger charge is 2.28. The summed E-state index contributed by atoms with van der Waals surface area (Å²) in [7, 11) is -3.62. The summed E-state index contributed by atoms with van der Waals surface area (Å²) in [4.78, 5) is 1.09. The van der Waals surface area contributed by atoms with E-state index in [0.29, 0.717) is 19.6 Å². The number of nitrogens with two attached hydrogens (primary N) is 1. The lowest BCUT2D eigenvalue weighted by molar-refractivity contribution is 0.426. The van der Waals surface area contributed by atoms with Crippen LogP contribution < -0.4 is 5.73 Å². The summed E-state index contributed by atoms with van der Waals surface area (Å²) in [6.07, 6.45) is 2.39. The summed E-state index contributed by atoms with van der Waals surface area (Å²) < 4.78 is 28.5. The fourth-order valence-corrected chi connectivity index (χ4v) is 4.33. The van der Waals surface area contributed by atoms with Crippen LogP contribution in [0.2, 0.25) is 0 Å². The Morgan fingerprint density at radius 1 is 1.43 bits per heavy atom. The molecule has 0 amide bonds. The molecule has 2 N–H and O–H groups in total. The van der Waals surface area contributed by atoms with Crippen LogP contribution >= 0.6 is 11.3 Å². The summed E-state index contributed by atoms with van der Waals surface area (Å²) >= 11 is 1.54. The van der Waals surface area contributed by atoms with Gasteiger partial charge in [0.2, 0.25) is 10.0 Å². The number of aromatic nitrogens is 2. The normalized spacial score (nSPS) is 12.1. The first-order chi connectivity index (χ1) is 9.98. The molecule has 0 spiro atoms. The molecule has 21 heavy (non-hydrogen) atoms. The maximum Gasteiger partial charge on any atom is 0.248 e. The van der Waals surface area contributed by atoms with Gasteiger partial charge in [0, 0.05) is 30.7 Å². The third-order valence-corrected chi connectivity index (χ3v) is 5.89. The van der Waals surface area contributed by atoms with Crippen molar-refractivity contribution in [1.29, 1.82) is 0 Å². The van der Waals surface area contributed by atoms with E-state index in [9.17, 15) is 8.42 Å². The van der Waals surface area contributed by atoms with Gasteiger partial charge in [0.15, 0.2) is 5.82 Å². The fourth-order valence-electron chi connectivity index (χ4n) is 2.04. The molecule has 2 heterocycles. The lowest BCUT2D eigenvalue weighted by Crippen LogP contribution is -2.30. The lowest BCUT2D eigenvalue weighted by Gasteiger charge is -2.19. The first-order valence-electron chi connectivity index (χ1n) is 6.84. The van der Waals surface area contributed by atoms with Crippen LogP contribution in [-0.2, 0) is 23.1 Å². The van der Waals surface area contributed by atoms with Crippen LogP contribution in [0, 0.1) is 0 Å². The molecule has 0 unspecified atom stereocenters. The number of thiophene rings is 1. The van der Waals surface area contributed by atoms with Gasteiger partial charge in [-0.25, -0.2) is 8.42 Å². The molecule has 0 saturated carbocycles. The standard InChI is InChI=1S/C13H20N4O2S2/c1-3-7-16-10-12(13(14)15-16)21(18,19)17(4-2)9-11-6-5-8-20-11/h5-6,8,10H,3-4,7,9H2,1-2H3,(H2,14,15). The Morgan fingerprint density at radius 2 is 2.19 bits per heavy atom. The third kappa shape index (κ3) is 3.45. The number of rotatable bonds is 7. The number of sulfonamides is 1. The smallest absolute Gasteiger partial charge is 0.248 e. The zero-order valence-corrected chi connectivity index (χ0v) is 13.8. The van der Waals surface area contributed by atoms with Gasteiger partial charge in [-0.1, -0.05) is 19.9 Å². The van der Waals surface area contributed by atoms with Gasteiger partial charge in [0.25, 0.3) is 0 Å². The predicted octanol–water partition coefficient (Wildman–Crippen LogP) is 2.15. The highest BCUT2D eigenvalue weighted by atomic mass is 32.2. The van der Waals surface area contributed by atoms with E-state index in [2.05, 4.69) is 5.10 Å². The molecule has 116 valence electrons. The van der Waals surface area contributed by atoms with Crippen molar-refractivity contribution in [1.82, 2.24) is 14.1 Å². The van der Waals surface area contributed by atoms with E-state index in [4.69, 9.17) is 5.73 Å². The number of nitrogen functional groups attached to an aromatic ring is 1. The number of hydrogen-bond donors (Lipinski definition) is 1. The van der Waals surface area contributed by atoms with Crippen molar-refractivity contribution in [2.45, 2.75) is 38.3 Å². The van der Waals surface area contributed by atoms with Gasteiger partial charge in [0.05, 0.1) is 0 Å². The monoisotopic (exact) mass is 328 g/mol. The second-order valence-corrected chi connectivity index (χ2v) is 7.59. The Balaban J connectivity index is 2.30. The van der Waals surface area contributed by atoms with E-state index in [0.717, 1.165) is 11.3 Å². The van der Waals surface area contributed by atoms with Crippen LogP contribution in [0.4, 0.5) is 5.82 Å². The largest absolute Gasteiger partial charge is 0.381 e. The zero-order chi connectivity index (χ0) is 15.5. The number of nitrogens with zero attached hydrogens (tertiary/aromatic N) is 3. The summed E-state index contributed by atoms with van der Waals surface area (Å²) in [6.45, 7) is 5.21. The van der Waals surface area contributed by atoms with E-state index < -0.39 is 10.0 Å². The Hall–Kier alpha value is -1.38. The van der Waals surface area contributed by atoms with E-state index >= 15 is 0 Å². The molecular weight excluding hydrogens is 308 g/mol. The van der Waals surface area contributed by atoms with Gasteiger partial charge in [-0.15, -0.1) is 11.3 Å². The molecule has 2 rings (SSSR count). The molecule has 0 atom stereocenters. The molecule has 6 nitrogen and oxygen atoms in total. The highest BCUT2D eigenvalue weighted by molar-refractivity contribution is 7.89. The SMILES string of the molecule is CCCn1cc(S(=O)(=O)N(CC)Cc2cccs2)c(N)n1. The van der Waals surface area contributed by atoms with Crippen LogP contribution in [0.1, 0.15) is 25.1 Å². The highest BCUT2D eigenvalue weighted by Crippen LogP contribution is 2.24. The molecule has 0 bridgehead atoms.